The van der Waals surface area contributed by atoms with Gasteiger partial charge in [-0.2, -0.15) is 5.10 Å². The molecule has 0 unspecified atom stereocenters. The van der Waals surface area contributed by atoms with Gasteiger partial charge in [0, 0.05) is 5.56 Å². The third-order valence-corrected chi connectivity index (χ3v) is 3.67. The first-order valence-corrected chi connectivity index (χ1v) is 7.85. The van der Waals surface area contributed by atoms with Crippen molar-refractivity contribution in [2.45, 2.75) is 6.92 Å². The van der Waals surface area contributed by atoms with E-state index in [2.05, 4.69) is 10.5 Å². The van der Waals surface area contributed by atoms with Crippen LogP contribution in [-0.4, -0.2) is 23.8 Å². The molecule has 0 atom stereocenters. The lowest BCUT2D eigenvalue weighted by Gasteiger charge is -2.06. The molecule has 0 aliphatic carbocycles. The van der Waals surface area contributed by atoms with Gasteiger partial charge >= 0.3 is 0 Å². The minimum atomic E-state index is -0.378. The number of carbonyl (C=O) groups excluding carboxylic acids is 1. The van der Waals surface area contributed by atoms with Gasteiger partial charge in [0.1, 0.15) is 11.5 Å². The number of carbonyl (C=O) groups is 1. The fourth-order valence-corrected chi connectivity index (χ4v) is 2.39. The fraction of sp³-hybridized carbons (Fsp3) is 0.100. The van der Waals surface area contributed by atoms with E-state index < -0.39 is 0 Å². The molecule has 0 heterocycles. The molecule has 0 aliphatic heterocycles. The topological polar surface area (TPSA) is 70.9 Å². The molecule has 0 aliphatic rings. The van der Waals surface area contributed by atoms with Crippen molar-refractivity contribution >= 4 is 22.9 Å². The van der Waals surface area contributed by atoms with Crippen LogP contribution in [0.1, 0.15) is 11.1 Å². The first-order valence-electron chi connectivity index (χ1n) is 7.85. The summed E-state index contributed by atoms with van der Waals surface area (Å²) in [6.07, 6.45) is 1.40. The molecule has 5 heteroatoms. The molecular formula is C20H18N2O3. The van der Waals surface area contributed by atoms with Crippen LogP contribution < -0.4 is 10.2 Å². The Labute approximate surface area is 145 Å². The number of nitrogens with one attached hydrogen (secondary N) is 1. The Balaban J connectivity index is 1.55. The molecule has 0 bridgehead atoms. The molecular weight excluding hydrogens is 316 g/mol. The van der Waals surface area contributed by atoms with Crippen LogP contribution in [0, 0.1) is 6.92 Å². The second kappa shape index (κ2) is 7.49. The number of benzene rings is 3. The maximum absolute atomic E-state index is 11.8. The average molecular weight is 334 g/mol. The zero-order chi connectivity index (χ0) is 17.6. The van der Waals surface area contributed by atoms with Gasteiger partial charge in [0.25, 0.3) is 5.91 Å². The summed E-state index contributed by atoms with van der Waals surface area (Å²) in [5.41, 5.74) is 3.91. The zero-order valence-electron chi connectivity index (χ0n) is 13.8. The van der Waals surface area contributed by atoms with E-state index in [4.69, 9.17) is 4.74 Å². The number of ether oxygens (including phenoxy) is 1. The number of hydrazone groups is 1. The molecule has 1 amide bonds. The largest absolute Gasteiger partial charge is 0.507 e. The zero-order valence-corrected chi connectivity index (χ0v) is 13.8. The predicted octanol–water partition coefficient (Wildman–Crippen LogP) is 3.38. The van der Waals surface area contributed by atoms with E-state index in [0.29, 0.717) is 11.3 Å². The van der Waals surface area contributed by atoms with Gasteiger partial charge in [0.2, 0.25) is 0 Å². The summed E-state index contributed by atoms with van der Waals surface area (Å²) >= 11 is 0. The predicted molar refractivity (Wildman–Crippen MR) is 98.0 cm³/mol. The third-order valence-electron chi connectivity index (χ3n) is 3.67. The highest BCUT2D eigenvalue weighted by molar-refractivity contribution is 5.86. The second-order valence-corrected chi connectivity index (χ2v) is 5.65. The molecule has 0 aromatic heterocycles. The van der Waals surface area contributed by atoms with Crippen LogP contribution in [-0.2, 0) is 4.79 Å². The monoisotopic (exact) mass is 334 g/mol. The standard InChI is InChI=1S/C20H18N2O3/c1-14-6-9-19(23)17(10-14)12-21-22-20(24)13-25-18-8-7-15-4-2-3-5-16(15)11-18/h2-12,23H,13H2,1H3,(H,22,24)/b21-12+. The summed E-state index contributed by atoms with van der Waals surface area (Å²) in [7, 11) is 0. The van der Waals surface area contributed by atoms with Gasteiger partial charge in [-0.15, -0.1) is 0 Å². The molecule has 3 aromatic rings. The van der Waals surface area contributed by atoms with E-state index in [1.54, 1.807) is 18.2 Å². The molecule has 3 rings (SSSR count). The van der Waals surface area contributed by atoms with Gasteiger partial charge in [0.15, 0.2) is 6.61 Å². The minimum absolute atomic E-state index is 0.107. The number of hydrogen-bond acceptors (Lipinski definition) is 4. The normalized spacial score (nSPS) is 10.9. The van der Waals surface area contributed by atoms with Crippen molar-refractivity contribution in [3.63, 3.8) is 0 Å². The molecule has 0 radical (unpaired) electrons. The van der Waals surface area contributed by atoms with Gasteiger partial charge < -0.3 is 9.84 Å². The maximum atomic E-state index is 11.8. The van der Waals surface area contributed by atoms with E-state index in [0.717, 1.165) is 16.3 Å². The average Bonchev–Trinajstić information content (AvgIpc) is 2.62. The Kier molecular flexibility index (Phi) is 4.95. The summed E-state index contributed by atoms with van der Waals surface area (Å²) in [6, 6.07) is 18.7. The molecule has 3 aromatic carbocycles. The number of nitrogens with zero attached hydrogens (tertiary/aromatic N) is 1. The van der Waals surface area contributed by atoms with Gasteiger partial charge in [-0.25, -0.2) is 5.43 Å². The van der Waals surface area contributed by atoms with E-state index in [1.807, 2.05) is 49.4 Å². The van der Waals surface area contributed by atoms with Crippen molar-refractivity contribution in [1.29, 1.82) is 0 Å². The highest BCUT2D eigenvalue weighted by Gasteiger charge is 2.03. The number of rotatable bonds is 5. The quantitative estimate of drug-likeness (QED) is 0.555. The third kappa shape index (κ3) is 4.35. The van der Waals surface area contributed by atoms with Crippen LogP contribution in [0.2, 0.25) is 0 Å². The van der Waals surface area contributed by atoms with E-state index >= 15 is 0 Å². The Morgan fingerprint density at radius 1 is 1.12 bits per heavy atom. The Morgan fingerprint density at radius 2 is 1.92 bits per heavy atom. The number of amides is 1. The van der Waals surface area contributed by atoms with Crippen LogP contribution in [0.15, 0.2) is 65.8 Å². The fourth-order valence-electron chi connectivity index (χ4n) is 2.39. The Hall–Kier alpha value is -3.34. The molecule has 0 saturated heterocycles. The Morgan fingerprint density at radius 3 is 2.76 bits per heavy atom. The molecule has 5 nitrogen and oxygen atoms in total. The molecule has 25 heavy (non-hydrogen) atoms. The van der Waals surface area contributed by atoms with Crippen LogP contribution in [0.5, 0.6) is 11.5 Å². The number of aromatic hydroxyl groups is 1. The van der Waals surface area contributed by atoms with Crippen LogP contribution in [0.3, 0.4) is 0 Å². The molecule has 0 spiro atoms. The summed E-state index contributed by atoms with van der Waals surface area (Å²) in [6.45, 7) is 1.77. The molecule has 0 saturated carbocycles. The first kappa shape index (κ1) is 16.5. The summed E-state index contributed by atoms with van der Waals surface area (Å²) < 4.78 is 5.49. The summed E-state index contributed by atoms with van der Waals surface area (Å²) in [5.74, 6) is 0.349. The SMILES string of the molecule is Cc1ccc(O)c(/C=N/NC(=O)COc2ccc3ccccc3c2)c1. The lowest BCUT2D eigenvalue weighted by atomic mass is 10.1. The number of fused-ring (bicyclic) bond motifs is 1. The first-order chi connectivity index (χ1) is 12.1. The van der Waals surface area contributed by atoms with Crippen molar-refractivity contribution in [1.82, 2.24) is 5.43 Å². The minimum Gasteiger partial charge on any atom is -0.507 e. The Bertz CT molecular complexity index is 935. The smallest absolute Gasteiger partial charge is 0.277 e. The molecule has 0 fully saturated rings. The summed E-state index contributed by atoms with van der Waals surface area (Å²) in [4.78, 5) is 11.8. The van der Waals surface area contributed by atoms with Crippen molar-refractivity contribution < 1.29 is 14.6 Å². The van der Waals surface area contributed by atoms with Gasteiger partial charge in [-0.1, -0.05) is 42.0 Å². The van der Waals surface area contributed by atoms with Crippen molar-refractivity contribution in [3.8, 4) is 11.5 Å². The van der Waals surface area contributed by atoms with Crippen LogP contribution in [0.25, 0.3) is 10.8 Å². The van der Waals surface area contributed by atoms with Gasteiger partial charge in [-0.05, 0) is 42.0 Å². The maximum Gasteiger partial charge on any atom is 0.277 e. The van der Waals surface area contributed by atoms with Crippen molar-refractivity contribution in [2.75, 3.05) is 6.61 Å². The number of phenols is 1. The number of aryl methyl sites for hydroxylation is 1. The van der Waals surface area contributed by atoms with Crippen LogP contribution in [0.4, 0.5) is 0 Å². The summed E-state index contributed by atoms with van der Waals surface area (Å²) in [5, 5.41) is 15.7. The van der Waals surface area contributed by atoms with E-state index in [1.165, 1.54) is 6.21 Å². The van der Waals surface area contributed by atoms with Crippen molar-refractivity contribution in [3.05, 3.63) is 71.8 Å². The van der Waals surface area contributed by atoms with Gasteiger partial charge in [-0.3, -0.25) is 4.79 Å². The number of hydrogen-bond donors (Lipinski definition) is 2. The highest BCUT2D eigenvalue weighted by Crippen LogP contribution is 2.20. The lowest BCUT2D eigenvalue weighted by Crippen LogP contribution is -2.24. The van der Waals surface area contributed by atoms with E-state index in [9.17, 15) is 9.90 Å². The van der Waals surface area contributed by atoms with Gasteiger partial charge in [0.05, 0.1) is 6.21 Å². The highest BCUT2D eigenvalue weighted by atomic mass is 16.5. The van der Waals surface area contributed by atoms with E-state index in [-0.39, 0.29) is 18.3 Å². The van der Waals surface area contributed by atoms with Crippen LogP contribution >= 0.6 is 0 Å². The lowest BCUT2D eigenvalue weighted by molar-refractivity contribution is -0.123. The molecule has 2 N–H and O–H groups in total. The second-order valence-electron chi connectivity index (χ2n) is 5.65. The van der Waals surface area contributed by atoms with Crippen molar-refractivity contribution in [2.24, 2.45) is 5.10 Å². The molecule has 126 valence electrons. The number of phenolic OH excluding ortho intramolecular Hbond substituents is 1.